The lowest BCUT2D eigenvalue weighted by Crippen LogP contribution is -2.53. The minimum absolute atomic E-state index is 0.0500. The predicted molar refractivity (Wildman–Crippen MR) is 176 cm³/mol. The summed E-state index contributed by atoms with van der Waals surface area (Å²) in [5, 5.41) is 3.14. The highest BCUT2D eigenvalue weighted by atomic mass is 32.2. The normalized spacial score (nSPS) is 14.3. The van der Waals surface area contributed by atoms with Gasteiger partial charge in [-0.1, -0.05) is 55.7 Å². The first-order valence-corrected chi connectivity index (χ1v) is 16.9. The molecule has 45 heavy (non-hydrogen) atoms. The number of nitrogens with zero attached hydrogens (tertiary/aromatic N) is 2. The molecule has 10 heteroatoms. The van der Waals surface area contributed by atoms with Gasteiger partial charge in [0, 0.05) is 18.7 Å². The molecule has 0 aliphatic heterocycles. The lowest BCUT2D eigenvalue weighted by Gasteiger charge is -2.33. The predicted octanol–water partition coefficient (Wildman–Crippen LogP) is 5.42. The van der Waals surface area contributed by atoms with Gasteiger partial charge in [0.1, 0.15) is 12.6 Å². The molecule has 2 amide bonds. The maximum Gasteiger partial charge on any atom is 0.264 e. The maximum absolute atomic E-state index is 14.3. The summed E-state index contributed by atoms with van der Waals surface area (Å²) in [5.41, 5.74) is 3.08. The Kier molecular flexibility index (Phi) is 11.5. The zero-order chi connectivity index (χ0) is 32.6. The molecule has 1 aliphatic rings. The van der Waals surface area contributed by atoms with Crippen LogP contribution in [0.15, 0.2) is 71.6 Å². The number of rotatable bonds is 13. The zero-order valence-corrected chi connectivity index (χ0v) is 27.7. The van der Waals surface area contributed by atoms with E-state index in [9.17, 15) is 18.0 Å². The van der Waals surface area contributed by atoms with Gasteiger partial charge in [-0.25, -0.2) is 8.42 Å². The van der Waals surface area contributed by atoms with Crippen molar-refractivity contribution in [3.05, 3.63) is 83.4 Å². The van der Waals surface area contributed by atoms with Crippen molar-refractivity contribution in [1.29, 1.82) is 0 Å². The highest BCUT2D eigenvalue weighted by Gasteiger charge is 2.33. The molecule has 0 unspecified atom stereocenters. The highest BCUT2D eigenvalue weighted by Crippen LogP contribution is 2.33. The number of benzene rings is 3. The molecule has 3 aromatic carbocycles. The molecule has 0 bridgehead atoms. The minimum Gasteiger partial charge on any atom is -0.493 e. The molecular weight excluding hydrogens is 590 g/mol. The maximum atomic E-state index is 14.3. The number of carbonyl (C=O) groups is 2. The topological polar surface area (TPSA) is 105 Å². The number of aryl methyl sites for hydroxylation is 2. The molecule has 1 aliphatic carbocycles. The van der Waals surface area contributed by atoms with Crippen molar-refractivity contribution in [3.8, 4) is 11.5 Å². The van der Waals surface area contributed by atoms with E-state index in [0.717, 1.165) is 53.1 Å². The van der Waals surface area contributed by atoms with E-state index < -0.39 is 28.5 Å². The van der Waals surface area contributed by atoms with Crippen LogP contribution in [0.1, 0.15) is 55.7 Å². The van der Waals surface area contributed by atoms with Gasteiger partial charge in [0.15, 0.2) is 11.5 Å². The summed E-state index contributed by atoms with van der Waals surface area (Å²) in [4.78, 5) is 29.2. The van der Waals surface area contributed by atoms with Crippen molar-refractivity contribution >= 4 is 27.5 Å². The standard InChI is InChI=1S/C35H45N3O6S/c1-25-20-26(2)22-30(21-25)38(45(41,42)31-16-17-32(43-4)33(23-31)44-5)24-34(39)37(19-18-28-12-8-6-9-13-28)27(3)35(40)36-29-14-10-7-11-15-29/h6,8-9,12-13,16-17,20-23,27,29H,7,10-11,14-15,18-19,24H2,1-5H3,(H,36,40)/t27-/m0/s1. The van der Waals surface area contributed by atoms with Gasteiger partial charge in [-0.05, 0) is 81.0 Å². The van der Waals surface area contributed by atoms with E-state index in [1.807, 2.05) is 50.2 Å². The SMILES string of the molecule is COc1ccc(S(=O)(=O)N(CC(=O)N(CCc2ccccc2)[C@@H](C)C(=O)NC2CCCCC2)c2cc(C)cc(C)c2)cc1OC. The van der Waals surface area contributed by atoms with Gasteiger partial charge in [-0.15, -0.1) is 0 Å². The molecule has 242 valence electrons. The second-order valence-corrected chi connectivity index (χ2v) is 13.6. The second-order valence-electron chi connectivity index (χ2n) is 11.7. The first-order chi connectivity index (χ1) is 21.5. The molecule has 1 saturated carbocycles. The van der Waals surface area contributed by atoms with E-state index >= 15 is 0 Å². The summed E-state index contributed by atoms with van der Waals surface area (Å²) in [6, 6.07) is 18.8. The van der Waals surface area contributed by atoms with Crippen LogP contribution in [-0.2, 0) is 26.0 Å². The number of nitrogens with one attached hydrogen (secondary N) is 1. The van der Waals surface area contributed by atoms with Crippen LogP contribution >= 0.6 is 0 Å². The van der Waals surface area contributed by atoms with Crippen LogP contribution in [-0.4, -0.2) is 64.5 Å². The van der Waals surface area contributed by atoms with Gasteiger partial charge < -0.3 is 19.7 Å². The van der Waals surface area contributed by atoms with Crippen LogP contribution in [0.3, 0.4) is 0 Å². The Morgan fingerprint density at radius 1 is 0.889 bits per heavy atom. The Morgan fingerprint density at radius 3 is 2.16 bits per heavy atom. The number of amides is 2. The Labute approximate surface area is 267 Å². The monoisotopic (exact) mass is 635 g/mol. The molecule has 1 fully saturated rings. The lowest BCUT2D eigenvalue weighted by molar-refractivity contribution is -0.139. The quantitative estimate of drug-likeness (QED) is 0.269. The summed E-state index contributed by atoms with van der Waals surface area (Å²) in [7, 11) is -1.35. The Balaban J connectivity index is 1.70. The summed E-state index contributed by atoms with van der Waals surface area (Å²) in [6.45, 7) is 5.23. The summed E-state index contributed by atoms with van der Waals surface area (Å²) < 4.78 is 40.4. The van der Waals surface area contributed by atoms with Crippen molar-refractivity contribution in [3.63, 3.8) is 0 Å². The van der Waals surface area contributed by atoms with Crippen molar-refractivity contribution in [2.24, 2.45) is 0 Å². The second kappa shape index (κ2) is 15.3. The van der Waals surface area contributed by atoms with E-state index in [1.165, 1.54) is 37.3 Å². The summed E-state index contributed by atoms with van der Waals surface area (Å²) in [6.07, 6.45) is 5.64. The van der Waals surface area contributed by atoms with Crippen LogP contribution in [0.4, 0.5) is 5.69 Å². The molecule has 4 rings (SSSR count). The van der Waals surface area contributed by atoms with Crippen LogP contribution < -0.4 is 19.1 Å². The van der Waals surface area contributed by atoms with Crippen LogP contribution in [0.2, 0.25) is 0 Å². The molecule has 1 N–H and O–H groups in total. The fraction of sp³-hybridized carbons (Fsp3) is 0.429. The molecular formula is C35H45N3O6S. The zero-order valence-electron chi connectivity index (χ0n) is 26.9. The Morgan fingerprint density at radius 2 is 1.53 bits per heavy atom. The largest absolute Gasteiger partial charge is 0.493 e. The third-order valence-electron chi connectivity index (χ3n) is 8.32. The molecule has 0 saturated heterocycles. The number of anilines is 1. The van der Waals surface area contributed by atoms with Gasteiger partial charge in [0.25, 0.3) is 10.0 Å². The number of carbonyl (C=O) groups excluding carboxylic acids is 2. The summed E-state index contributed by atoms with van der Waals surface area (Å²) >= 11 is 0. The van der Waals surface area contributed by atoms with Gasteiger partial charge in [-0.2, -0.15) is 0 Å². The molecule has 0 heterocycles. The van der Waals surface area contributed by atoms with Gasteiger partial charge in [0.05, 0.1) is 24.8 Å². The third kappa shape index (κ3) is 8.57. The first-order valence-electron chi connectivity index (χ1n) is 15.5. The van der Waals surface area contributed by atoms with Crippen LogP contribution in [0.25, 0.3) is 0 Å². The van der Waals surface area contributed by atoms with E-state index in [4.69, 9.17) is 9.47 Å². The minimum atomic E-state index is -4.26. The Hall–Kier alpha value is -4.05. The third-order valence-corrected chi connectivity index (χ3v) is 10.1. The van der Waals surface area contributed by atoms with Crippen LogP contribution in [0, 0.1) is 13.8 Å². The van der Waals surface area contributed by atoms with E-state index in [2.05, 4.69) is 5.32 Å². The van der Waals surface area contributed by atoms with Crippen molar-refractivity contribution in [1.82, 2.24) is 10.2 Å². The van der Waals surface area contributed by atoms with Crippen LogP contribution in [0.5, 0.6) is 11.5 Å². The molecule has 9 nitrogen and oxygen atoms in total. The van der Waals surface area contributed by atoms with Crippen molar-refractivity contribution < 1.29 is 27.5 Å². The first kappa shape index (κ1) is 33.8. The molecule has 3 aromatic rings. The number of hydrogen-bond donors (Lipinski definition) is 1. The number of sulfonamides is 1. The lowest BCUT2D eigenvalue weighted by atomic mass is 9.95. The molecule has 1 atom stereocenters. The molecule has 0 radical (unpaired) electrons. The van der Waals surface area contributed by atoms with Gasteiger partial charge >= 0.3 is 0 Å². The number of hydrogen-bond acceptors (Lipinski definition) is 6. The van der Waals surface area contributed by atoms with E-state index in [0.29, 0.717) is 17.9 Å². The van der Waals surface area contributed by atoms with Gasteiger partial charge in [0.2, 0.25) is 11.8 Å². The summed E-state index contributed by atoms with van der Waals surface area (Å²) in [5.74, 6) is -0.0671. The van der Waals surface area contributed by atoms with Crippen molar-refractivity contribution in [2.75, 3.05) is 31.6 Å². The fourth-order valence-corrected chi connectivity index (χ4v) is 7.28. The average molecular weight is 636 g/mol. The number of ether oxygens (including phenoxy) is 2. The van der Waals surface area contributed by atoms with E-state index in [1.54, 1.807) is 19.1 Å². The molecule has 0 spiro atoms. The number of methoxy groups -OCH3 is 2. The molecule has 0 aromatic heterocycles. The van der Waals surface area contributed by atoms with E-state index in [-0.39, 0.29) is 29.1 Å². The Bertz CT molecular complexity index is 1550. The fourth-order valence-electron chi connectivity index (χ4n) is 5.87. The highest BCUT2D eigenvalue weighted by molar-refractivity contribution is 7.92. The smallest absolute Gasteiger partial charge is 0.264 e. The van der Waals surface area contributed by atoms with Crippen molar-refractivity contribution in [2.45, 2.75) is 76.3 Å². The van der Waals surface area contributed by atoms with Gasteiger partial charge in [-0.3, -0.25) is 13.9 Å². The average Bonchev–Trinajstić information content (AvgIpc) is 3.03.